The van der Waals surface area contributed by atoms with Gasteiger partial charge in [-0.2, -0.15) is 0 Å². The fraction of sp³-hybridized carbons (Fsp3) is 0.250. The van der Waals surface area contributed by atoms with Crippen LogP contribution in [0.3, 0.4) is 0 Å². The molecule has 100 valence electrons. The number of anilines is 2. The van der Waals surface area contributed by atoms with Crippen LogP contribution >= 0.6 is 15.9 Å². The molecule has 0 bridgehead atoms. The number of nitrogens with one attached hydrogen (secondary N) is 2. The molecular formula is C12H12BrN3O3. The van der Waals surface area contributed by atoms with Crippen molar-refractivity contribution in [1.82, 2.24) is 0 Å². The number of fused-ring (bicyclic) bond motifs is 1. The second-order valence-electron chi connectivity index (χ2n) is 4.20. The van der Waals surface area contributed by atoms with Crippen molar-refractivity contribution in [3.8, 4) is 0 Å². The molecule has 0 atom stereocenters. The van der Waals surface area contributed by atoms with E-state index in [9.17, 15) is 14.9 Å². The largest absolute Gasteiger partial charge is 0.375 e. The number of amides is 1. The zero-order valence-electron chi connectivity index (χ0n) is 10.0. The minimum absolute atomic E-state index is 0.0605. The summed E-state index contributed by atoms with van der Waals surface area (Å²) in [4.78, 5) is 21.9. The lowest BCUT2D eigenvalue weighted by molar-refractivity contribution is -0.383. The third kappa shape index (κ3) is 3.11. The van der Waals surface area contributed by atoms with E-state index in [4.69, 9.17) is 0 Å². The number of hydrogen-bond donors (Lipinski definition) is 2. The molecule has 0 saturated carbocycles. The molecule has 7 heteroatoms. The van der Waals surface area contributed by atoms with Gasteiger partial charge in [0.25, 0.3) is 5.69 Å². The van der Waals surface area contributed by atoms with E-state index in [0.29, 0.717) is 35.2 Å². The topological polar surface area (TPSA) is 84.3 Å². The zero-order chi connectivity index (χ0) is 14.0. The molecular weight excluding hydrogens is 314 g/mol. The fourth-order valence-electron chi connectivity index (χ4n) is 1.90. The first-order valence-corrected chi connectivity index (χ1v) is 6.45. The summed E-state index contributed by atoms with van der Waals surface area (Å²) < 4.78 is 0.702. The summed E-state index contributed by atoms with van der Waals surface area (Å²) >= 11 is 3.19. The van der Waals surface area contributed by atoms with E-state index in [2.05, 4.69) is 33.1 Å². The highest BCUT2D eigenvalue weighted by molar-refractivity contribution is 9.11. The molecule has 19 heavy (non-hydrogen) atoms. The fourth-order valence-corrected chi connectivity index (χ4v) is 2.04. The second kappa shape index (κ2) is 5.40. The molecule has 2 rings (SSSR count). The highest BCUT2D eigenvalue weighted by atomic mass is 79.9. The van der Waals surface area contributed by atoms with Gasteiger partial charge in [-0.3, -0.25) is 14.9 Å². The third-order valence-electron chi connectivity index (χ3n) is 2.78. The van der Waals surface area contributed by atoms with Crippen molar-refractivity contribution in [3.63, 3.8) is 0 Å². The number of nitro benzene ring substituents is 1. The highest BCUT2D eigenvalue weighted by Gasteiger charge is 2.22. The second-order valence-corrected chi connectivity index (χ2v) is 5.32. The van der Waals surface area contributed by atoms with Crippen molar-refractivity contribution in [2.75, 3.05) is 17.2 Å². The van der Waals surface area contributed by atoms with Crippen LogP contribution < -0.4 is 10.6 Å². The number of carbonyl (C=O) groups excluding carboxylic acids is 1. The van der Waals surface area contributed by atoms with E-state index in [-0.39, 0.29) is 11.6 Å². The van der Waals surface area contributed by atoms with E-state index in [1.807, 2.05) is 0 Å². The Morgan fingerprint density at radius 2 is 2.26 bits per heavy atom. The smallest absolute Gasteiger partial charge is 0.294 e. The first-order valence-electron chi connectivity index (χ1n) is 5.65. The Balaban J connectivity index is 2.38. The summed E-state index contributed by atoms with van der Waals surface area (Å²) in [7, 11) is 0. The number of carbonyl (C=O) groups is 1. The third-order valence-corrected chi connectivity index (χ3v) is 3.06. The van der Waals surface area contributed by atoms with E-state index < -0.39 is 4.92 Å². The number of aryl methyl sites for hydroxylation is 1. The molecule has 0 unspecified atom stereocenters. The maximum Gasteiger partial charge on any atom is 0.294 e. The standard InChI is InChI=1S/C12H12BrN3O3/c1-7(13)6-14-10-4-8-2-3-12(17)15-9(8)5-11(10)16(18)19/h4-5,14H,1-3,6H2,(H,15,17). The van der Waals surface area contributed by atoms with E-state index >= 15 is 0 Å². The Morgan fingerprint density at radius 3 is 2.89 bits per heavy atom. The van der Waals surface area contributed by atoms with Gasteiger partial charge in [0.05, 0.1) is 10.6 Å². The van der Waals surface area contributed by atoms with Gasteiger partial charge >= 0.3 is 0 Å². The Morgan fingerprint density at radius 1 is 1.53 bits per heavy atom. The van der Waals surface area contributed by atoms with Crippen LogP contribution in [0.2, 0.25) is 0 Å². The zero-order valence-corrected chi connectivity index (χ0v) is 11.6. The lowest BCUT2D eigenvalue weighted by atomic mass is 10.0. The SMILES string of the molecule is C=C(Br)CNc1cc2c(cc1[N+](=O)[O-])NC(=O)CC2. The quantitative estimate of drug-likeness (QED) is 0.658. The van der Waals surface area contributed by atoms with Crippen LogP contribution in [0.4, 0.5) is 17.1 Å². The maximum atomic E-state index is 11.3. The summed E-state index contributed by atoms with van der Waals surface area (Å²) in [6, 6.07) is 3.11. The minimum Gasteiger partial charge on any atom is -0.375 e. The maximum absolute atomic E-state index is 11.3. The van der Waals surface area contributed by atoms with Gasteiger partial charge in [-0.05, 0) is 18.1 Å². The molecule has 2 N–H and O–H groups in total. The Kier molecular flexibility index (Phi) is 3.84. The van der Waals surface area contributed by atoms with Crippen molar-refractivity contribution < 1.29 is 9.72 Å². The van der Waals surface area contributed by atoms with Crippen LogP contribution in [-0.2, 0) is 11.2 Å². The Bertz CT molecular complexity index is 572. The van der Waals surface area contributed by atoms with Gasteiger partial charge in [-0.15, -0.1) is 0 Å². The molecule has 0 aromatic heterocycles. The van der Waals surface area contributed by atoms with Gasteiger partial charge in [0.1, 0.15) is 5.69 Å². The summed E-state index contributed by atoms with van der Waals surface area (Å²) in [6.45, 7) is 4.06. The molecule has 1 amide bonds. The molecule has 1 aliphatic heterocycles. The van der Waals surface area contributed by atoms with Crippen LogP contribution in [0.15, 0.2) is 23.2 Å². The van der Waals surface area contributed by atoms with Crippen LogP contribution in [0, 0.1) is 10.1 Å². The normalized spacial score (nSPS) is 13.4. The number of halogens is 1. The van der Waals surface area contributed by atoms with E-state index in [0.717, 1.165) is 5.56 Å². The Labute approximate surface area is 118 Å². The number of nitrogens with zero attached hydrogens (tertiary/aromatic N) is 1. The molecule has 6 nitrogen and oxygen atoms in total. The van der Waals surface area contributed by atoms with Crippen molar-refractivity contribution in [2.24, 2.45) is 0 Å². The van der Waals surface area contributed by atoms with Gasteiger partial charge < -0.3 is 10.6 Å². The van der Waals surface area contributed by atoms with Crippen LogP contribution in [0.5, 0.6) is 0 Å². The average molecular weight is 326 g/mol. The minimum atomic E-state index is -0.472. The molecule has 1 aromatic carbocycles. The first-order chi connectivity index (χ1) is 8.97. The van der Waals surface area contributed by atoms with Crippen LogP contribution in [0.25, 0.3) is 0 Å². The average Bonchev–Trinajstić information content (AvgIpc) is 2.35. The predicted octanol–water partition coefficient (Wildman–Crippen LogP) is 2.80. The summed E-state index contributed by atoms with van der Waals surface area (Å²) in [6.07, 6.45) is 0.985. The highest BCUT2D eigenvalue weighted by Crippen LogP contribution is 2.34. The lowest BCUT2D eigenvalue weighted by Gasteiger charge is -2.18. The van der Waals surface area contributed by atoms with Crippen molar-refractivity contribution >= 4 is 38.9 Å². The van der Waals surface area contributed by atoms with Crippen LogP contribution in [0.1, 0.15) is 12.0 Å². The van der Waals surface area contributed by atoms with Gasteiger partial charge in [0.15, 0.2) is 0 Å². The molecule has 1 aliphatic rings. The van der Waals surface area contributed by atoms with Crippen LogP contribution in [-0.4, -0.2) is 17.4 Å². The lowest BCUT2D eigenvalue weighted by Crippen LogP contribution is -2.19. The summed E-state index contributed by atoms with van der Waals surface area (Å²) in [5, 5.41) is 16.7. The molecule has 0 saturated heterocycles. The van der Waals surface area contributed by atoms with Crippen molar-refractivity contribution in [2.45, 2.75) is 12.8 Å². The van der Waals surface area contributed by atoms with Gasteiger partial charge in [-0.25, -0.2) is 0 Å². The monoisotopic (exact) mass is 325 g/mol. The summed E-state index contributed by atoms with van der Waals surface area (Å²) in [5.41, 5.74) is 1.79. The van der Waals surface area contributed by atoms with Gasteiger partial charge in [0.2, 0.25) is 5.91 Å². The van der Waals surface area contributed by atoms with Crippen molar-refractivity contribution in [3.05, 3.63) is 38.9 Å². The van der Waals surface area contributed by atoms with E-state index in [1.165, 1.54) is 6.07 Å². The van der Waals surface area contributed by atoms with Gasteiger partial charge in [0, 0.05) is 23.5 Å². The molecule has 0 spiro atoms. The van der Waals surface area contributed by atoms with Gasteiger partial charge in [-0.1, -0.05) is 22.5 Å². The summed E-state index contributed by atoms with van der Waals surface area (Å²) in [5.74, 6) is -0.114. The first kappa shape index (κ1) is 13.5. The van der Waals surface area contributed by atoms with Crippen molar-refractivity contribution in [1.29, 1.82) is 0 Å². The Hall–Kier alpha value is -1.89. The molecule has 0 radical (unpaired) electrons. The molecule has 1 aromatic rings. The predicted molar refractivity (Wildman–Crippen MR) is 76.6 cm³/mol. The number of benzene rings is 1. The molecule has 0 aliphatic carbocycles. The molecule has 1 heterocycles. The number of rotatable bonds is 4. The van der Waals surface area contributed by atoms with E-state index in [1.54, 1.807) is 6.07 Å². The number of hydrogen-bond acceptors (Lipinski definition) is 4. The number of nitro groups is 1. The molecule has 0 fully saturated rings.